The molecule has 2 aliphatic heterocycles. The van der Waals surface area contributed by atoms with Crippen molar-refractivity contribution in [2.75, 3.05) is 24.5 Å². The maximum Gasteiger partial charge on any atom is 0.0559 e. The van der Waals surface area contributed by atoms with Crippen LogP contribution < -0.4 is 10.2 Å². The summed E-state index contributed by atoms with van der Waals surface area (Å²) in [5.41, 5.74) is 2.50. The van der Waals surface area contributed by atoms with Gasteiger partial charge < -0.3 is 10.2 Å². The van der Waals surface area contributed by atoms with E-state index in [9.17, 15) is 0 Å². The Morgan fingerprint density at radius 3 is 3.16 bits per heavy atom. The van der Waals surface area contributed by atoms with Gasteiger partial charge in [-0.25, -0.2) is 0 Å². The van der Waals surface area contributed by atoms with Crippen molar-refractivity contribution in [2.24, 2.45) is 5.92 Å². The molecule has 2 unspecified atom stereocenters. The monoisotopic (exact) mass is 271 g/mol. The topological polar surface area (TPSA) is 28.2 Å². The molecular weight excluding hydrogens is 254 g/mol. The number of aromatic nitrogens is 1. The van der Waals surface area contributed by atoms with Crippen LogP contribution in [0.2, 0.25) is 0 Å². The number of fused-ring (bicyclic) bond motifs is 2. The van der Waals surface area contributed by atoms with Crippen molar-refractivity contribution in [1.29, 1.82) is 0 Å². The van der Waals surface area contributed by atoms with E-state index >= 15 is 0 Å². The summed E-state index contributed by atoms with van der Waals surface area (Å²) in [5.74, 6) is 0.809. The first-order chi connectivity index (χ1) is 9.38. The van der Waals surface area contributed by atoms with E-state index in [2.05, 4.69) is 38.8 Å². The maximum atomic E-state index is 4.43. The van der Waals surface area contributed by atoms with Crippen LogP contribution in [-0.2, 0) is 0 Å². The van der Waals surface area contributed by atoms with Crippen LogP contribution in [0.3, 0.4) is 0 Å². The third kappa shape index (κ3) is 2.15. The van der Waals surface area contributed by atoms with Gasteiger partial charge in [0.2, 0.25) is 0 Å². The first-order valence-corrected chi connectivity index (χ1v) is 7.74. The smallest absolute Gasteiger partial charge is 0.0559 e. The van der Waals surface area contributed by atoms with Crippen LogP contribution in [0.1, 0.15) is 6.42 Å². The highest BCUT2D eigenvalue weighted by Gasteiger charge is 2.32. The van der Waals surface area contributed by atoms with Gasteiger partial charge in [0.05, 0.1) is 11.9 Å². The Hall–Kier alpha value is -1.39. The Balaban J connectivity index is 1.63. The molecule has 2 bridgehead atoms. The fourth-order valence-corrected chi connectivity index (χ4v) is 3.93. The molecule has 0 aromatic carbocycles. The van der Waals surface area contributed by atoms with E-state index in [1.165, 1.54) is 35.6 Å². The van der Waals surface area contributed by atoms with E-state index in [0.29, 0.717) is 6.04 Å². The summed E-state index contributed by atoms with van der Waals surface area (Å²) in [6, 6.07) is 7.21. The van der Waals surface area contributed by atoms with Crippen molar-refractivity contribution >= 4 is 17.0 Å². The molecule has 4 heterocycles. The molecule has 0 amide bonds. The van der Waals surface area contributed by atoms with Crippen molar-refractivity contribution in [3.05, 3.63) is 36.0 Å². The highest BCUT2D eigenvalue weighted by Crippen LogP contribution is 2.30. The van der Waals surface area contributed by atoms with E-state index in [4.69, 9.17) is 0 Å². The predicted octanol–water partition coefficient (Wildman–Crippen LogP) is 2.61. The van der Waals surface area contributed by atoms with Gasteiger partial charge in [-0.05, 0) is 29.9 Å². The zero-order valence-electron chi connectivity index (χ0n) is 10.7. The van der Waals surface area contributed by atoms with Gasteiger partial charge in [-0.2, -0.15) is 0 Å². The van der Waals surface area contributed by atoms with Gasteiger partial charge in [-0.1, -0.05) is 6.07 Å². The summed E-state index contributed by atoms with van der Waals surface area (Å²) in [7, 11) is 0. The highest BCUT2D eigenvalue weighted by molar-refractivity contribution is 7.13. The molecule has 1 N–H and O–H groups in total. The lowest BCUT2D eigenvalue weighted by molar-refractivity contribution is 0.474. The first-order valence-electron chi connectivity index (χ1n) is 6.86. The minimum Gasteiger partial charge on any atom is -0.368 e. The SMILES string of the molecule is c1csc(-c2cncc(N3CC4CNC(C4)C3)c2)c1. The molecule has 2 aromatic rings. The quantitative estimate of drug-likeness (QED) is 0.910. The maximum absolute atomic E-state index is 4.43. The average molecular weight is 271 g/mol. The van der Waals surface area contributed by atoms with Crippen molar-refractivity contribution in [1.82, 2.24) is 10.3 Å². The Labute approximate surface area is 117 Å². The fourth-order valence-electron chi connectivity index (χ4n) is 3.22. The molecule has 2 aromatic heterocycles. The lowest BCUT2D eigenvalue weighted by atomic mass is 9.99. The number of nitrogens with zero attached hydrogens (tertiary/aromatic N) is 2. The number of hydrogen-bond acceptors (Lipinski definition) is 4. The number of thiophene rings is 1. The average Bonchev–Trinajstić information content (AvgIpc) is 3.09. The molecule has 4 heteroatoms. The standard InChI is InChI=1S/C15H17N3S/c1-2-15(19-3-1)12-5-14(8-16-7-12)18-9-11-4-13(10-18)17-6-11/h1-3,5,7-8,11,13,17H,4,6,9-10H2. The molecule has 0 spiro atoms. The number of anilines is 1. The Morgan fingerprint density at radius 2 is 2.32 bits per heavy atom. The van der Waals surface area contributed by atoms with E-state index in [1.807, 2.05) is 12.4 Å². The second kappa shape index (κ2) is 4.62. The predicted molar refractivity (Wildman–Crippen MR) is 79.7 cm³/mol. The number of hydrogen-bond donors (Lipinski definition) is 1. The van der Waals surface area contributed by atoms with Crippen molar-refractivity contribution in [3.8, 4) is 10.4 Å². The lowest BCUT2D eigenvalue weighted by Gasteiger charge is -2.32. The molecule has 0 aliphatic carbocycles. The molecule has 4 rings (SSSR count). The van der Waals surface area contributed by atoms with E-state index < -0.39 is 0 Å². The summed E-state index contributed by atoms with van der Waals surface area (Å²) in [5, 5.41) is 5.72. The van der Waals surface area contributed by atoms with Crippen molar-refractivity contribution in [2.45, 2.75) is 12.5 Å². The molecule has 3 nitrogen and oxygen atoms in total. The molecule has 0 radical (unpaired) electrons. The number of piperidine rings is 1. The summed E-state index contributed by atoms with van der Waals surface area (Å²) in [6.07, 6.45) is 5.31. The van der Waals surface area contributed by atoms with Crippen LogP contribution in [0, 0.1) is 5.92 Å². The molecule has 2 atom stereocenters. The van der Waals surface area contributed by atoms with Crippen molar-refractivity contribution in [3.63, 3.8) is 0 Å². The van der Waals surface area contributed by atoms with E-state index in [-0.39, 0.29) is 0 Å². The molecule has 2 fully saturated rings. The van der Waals surface area contributed by atoms with Gasteiger partial charge in [0, 0.05) is 42.3 Å². The van der Waals surface area contributed by atoms with Crippen LogP contribution in [0.4, 0.5) is 5.69 Å². The molecule has 19 heavy (non-hydrogen) atoms. The zero-order chi connectivity index (χ0) is 12.7. The van der Waals surface area contributed by atoms with Crippen LogP contribution in [-0.4, -0.2) is 30.7 Å². The molecular formula is C15H17N3S. The minimum atomic E-state index is 0.671. The van der Waals surface area contributed by atoms with Gasteiger partial charge in [0.25, 0.3) is 0 Å². The molecule has 98 valence electrons. The zero-order valence-corrected chi connectivity index (χ0v) is 11.6. The summed E-state index contributed by atoms with van der Waals surface area (Å²) in [6.45, 7) is 3.46. The second-order valence-electron chi connectivity index (χ2n) is 5.52. The highest BCUT2D eigenvalue weighted by atomic mass is 32.1. The van der Waals surface area contributed by atoms with E-state index in [1.54, 1.807) is 11.3 Å². The number of nitrogens with one attached hydrogen (secondary N) is 1. The molecule has 2 aliphatic rings. The summed E-state index contributed by atoms with van der Waals surface area (Å²) >= 11 is 1.77. The number of rotatable bonds is 2. The molecule has 2 saturated heterocycles. The largest absolute Gasteiger partial charge is 0.368 e. The normalized spacial score (nSPS) is 25.8. The van der Waals surface area contributed by atoms with Gasteiger partial charge >= 0.3 is 0 Å². The van der Waals surface area contributed by atoms with Crippen LogP contribution >= 0.6 is 11.3 Å². The van der Waals surface area contributed by atoms with Crippen molar-refractivity contribution < 1.29 is 0 Å². The van der Waals surface area contributed by atoms with Gasteiger partial charge in [-0.3, -0.25) is 4.98 Å². The Bertz CT molecular complexity index is 555. The minimum absolute atomic E-state index is 0.671. The van der Waals surface area contributed by atoms with Crippen LogP contribution in [0.5, 0.6) is 0 Å². The van der Waals surface area contributed by atoms with E-state index in [0.717, 1.165) is 12.5 Å². The fraction of sp³-hybridized carbons (Fsp3) is 0.400. The first kappa shape index (κ1) is 11.4. The lowest BCUT2D eigenvalue weighted by Crippen LogP contribution is -2.41. The summed E-state index contributed by atoms with van der Waals surface area (Å²) in [4.78, 5) is 8.22. The third-order valence-corrected chi connectivity index (χ3v) is 5.05. The van der Waals surface area contributed by atoms with Gasteiger partial charge in [-0.15, -0.1) is 11.3 Å². The second-order valence-corrected chi connectivity index (χ2v) is 6.47. The Morgan fingerprint density at radius 1 is 1.32 bits per heavy atom. The Kier molecular flexibility index (Phi) is 2.78. The van der Waals surface area contributed by atoms with Crippen LogP contribution in [0.15, 0.2) is 36.0 Å². The van der Waals surface area contributed by atoms with Gasteiger partial charge in [0.1, 0.15) is 0 Å². The number of pyridine rings is 1. The third-order valence-electron chi connectivity index (χ3n) is 4.13. The van der Waals surface area contributed by atoms with Crippen LogP contribution in [0.25, 0.3) is 10.4 Å². The summed E-state index contributed by atoms with van der Waals surface area (Å²) < 4.78 is 0. The van der Waals surface area contributed by atoms with Gasteiger partial charge in [0.15, 0.2) is 0 Å². The molecule has 0 saturated carbocycles.